The van der Waals surface area contributed by atoms with E-state index in [0.717, 1.165) is 22.2 Å². The van der Waals surface area contributed by atoms with Gasteiger partial charge in [-0.15, -0.1) is 0 Å². The number of imidazole rings is 1. The second-order valence-electron chi connectivity index (χ2n) is 8.10. The molecule has 4 heteroatoms. The molecule has 1 amide bonds. The fraction of sp³-hybridized carbons (Fsp3) is 0.185. The maximum absolute atomic E-state index is 12.9. The predicted octanol–water partition coefficient (Wildman–Crippen LogP) is 6.03. The Morgan fingerprint density at radius 2 is 1.48 bits per heavy atom. The van der Waals surface area contributed by atoms with Gasteiger partial charge in [0.1, 0.15) is 0 Å². The van der Waals surface area contributed by atoms with Crippen LogP contribution in [0.25, 0.3) is 22.8 Å². The molecule has 0 bridgehead atoms. The summed E-state index contributed by atoms with van der Waals surface area (Å²) in [5.74, 6) is 0.483. The van der Waals surface area contributed by atoms with Crippen molar-refractivity contribution in [3.05, 3.63) is 99.4 Å². The van der Waals surface area contributed by atoms with Crippen LogP contribution in [0.4, 0.5) is 0 Å². The first-order valence-electron chi connectivity index (χ1n) is 10.5. The van der Waals surface area contributed by atoms with E-state index in [1.54, 1.807) is 12.1 Å². The van der Waals surface area contributed by atoms with Crippen LogP contribution in [0.1, 0.15) is 49.6 Å². The van der Waals surface area contributed by atoms with Crippen molar-refractivity contribution in [1.82, 2.24) is 15.3 Å². The molecule has 0 atom stereocenters. The molecule has 0 unspecified atom stereocenters. The van der Waals surface area contributed by atoms with Crippen molar-refractivity contribution < 1.29 is 4.79 Å². The molecule has 2 N–H and O–H groups in total. The number of H-pyrrole nitrogens is 1. The van der Waals surface area contributed by atoms with E-state index >= 15 is 0 Å². The number of aryl methyl sites for hydroxylation is 3. The molecule has 0 aliphatic rings. The zero-order chi connectivity index (χ0) is 22.1. The highest BCUT2D eigenvalue weighted by molar-refractivity contribution is 6.02. The van der Waals surface area contributed by atoms with E-state index in [-0.39, 0.29) is 5.91 Å². The Kier molecular flexibility index (Phi) is 5.47. The Hall–Kier alpha value is -3.66. The fourth-order valence-electron chi connectivity index (χ4n) is 3.75. The largest absolute Gasteiger partial charge is 0.336 e. The minimum atomic E-state index is -0.166. The lowest BCUT2D eigenvalue weighted by molar-refractivity contribution is 0.0973. The molecular formula is C27H27N3O. The van der Waals surface area contributed by atoms with E-state index < -0.39 is 0 Å². The number of rotatable bonds is 4. The van der Waals surface area contributed by atoms with Gasteiger partial charge in [-0.05, 0) is 80.6 Å². The number of fused-ring (bicyclic) bond motifs is 1. The zero-order valence-corrected chi connectivity index (χ0v) is 18.6. The normalized spacial score (nSPS) is 11.7. The summed E-state index contributed by atoms with van der Waals surface area (Å²) < 4.78 is 0. The maximum Gasteiger partial charge on any atom is 0.255 e. The molecule has 1 aromatic heterocycles. The highest BCUT2D eigenvalue weighted by atomic mass is 16.1. The van der Waals surface area contributed by atoms with Crippen LogP contribution in [0.2, 0.25) is 0 Å². The predicted molar refractivity (Wildman–Crippen MR) is 128 cm³/mol. The van der Waals surface area contributed by atoms with Crippen molar-refractivity contribution in [2.45, 2.75) is 34.6 Å². The Bertz CT molecular complexity index is 1250. The quantitative estimate of drug-likeness (QED) is 0.432. The van der Waals surface area contributed by atoms with Crippen molar-refractivity contribution in [3.63, 3.8) is 0 Å². The zero-order valence-electron chi connectivity index (χ0n) is 18.6. The number of carbonyl (C=O) groups excluding carboxylic acids is 1. The average molecular weight is 410 g/mol. The van der Waals surface area contributed by atoms with Crippen LogP contribution in [0, 0.1) is 34.6 Å². The van der Waals surface area contributed by atoms with E-state index in [9.17, 15) is 4.79 Å². The second-order valence-corrected chi connectivity index (χ2v) is 8.10. The smallest absolute Gasteiger partial charge is 0.255 e. The Balaban J connectivity index is 1.84. The van der Waals surface area contributed by atoms with Gasteiger partial charge in [0.15, 0.2) is 5.82 Å². The summed E-state index contributed by atoms with van der Waals surface area (Å²) in [4.78, 5) is 21.3. The lowest BCUT2D eigenvalue weighted by atomic mass is 9.98. The molecule has 4 rings (SSSR count). The minimum Gasteiger partial charge on any atom is -0.336 e. The van der Waals surface area contributed by atoms with Gasteiger partial charge < -0.3 is 10.3 Å². The van der Waals surface area contributed by atoms with Crippen molar-refractivity contribution in [1.29, 1.82) is 0 Å². The highest BCUT2D eigenvalue weighted by Gasteiger charge is 2.17. The summed E-state index contributed by atoms with van der Waals surface area (Å²) in [6.45, 7) is 10.5. The monoisotopic (exact) mass is 409 g/mol. The Morgan fingerprint density at radius 3 is 2.16 bits per heavy atom. The molecular weight excluding hydrogens is 382 g/mol. The summed E-state index contributed by atoms with van der Waals surface area (Å²) in [6.07, 6.45) is 1.96. The van der Waals surface area contributed by atoms with Crippen molar-refractivity contribution >= 4 is 28.7 Å². The van der Waals surface area contributed by atoms with Crippen LogP contribution in [0.15, 0.2) is 54.6 Å². The molecule has 3 aromatic carbocycles. The van der Waals surface area contributed by atoms with E-state index in [2.05, 4.69) is 57.1 Å². The van der Waals surface area contributed by atoms with E-state index in [0.29, 0.717) is 17.1 Å². The average Bonchev–Trinajstić information content (AvgIpc) is 3.23. The lowest BCUT2D eigenvalue weighted by Gasteiger charge is -2.09. The van der Waals surface area contributed by atoms with Crippen LogP contribution >= 0.6 is 0 Å². The van der Waals surface area contributed by atoms with Crippen molar-refractivity contribution in [2.24, 2.45) is 0 Å². The Morgan fingerprint density at radius 1 is 0.839 bits per heavy atom. The number of hydrogen-bond donors (Lipinski definition) is 2. The summed E-state index contributed by atoms with van der Waals surface area (Å²) in [7, 11) is 0. The van der Waals surface area contributed by atoms with Crippen LogP contribution < -0.4 is 5.32 Å². The van der Waals surface area contributed by atoms with E-state index in [1.807, 2.05) is 36.4 Å². The second kappa shape index (κ2) is 8.23. The molecule has 0 aliphatic heterocycles. The molecule has 0 saturated carbocycles. The highest BCUT2D eigenvalue weighted by Crippen LogP contribution is 2.29. The number of nitrogens with one attached hydrogen (secondary N) is 2. The van der Waals surface area contributed by atoms with Gasteiger partial charge in [0, 0.05) is 5.56 Å². The number of amides is 1. The third-order valence-corrected chi connectivity index (χ3v) is 6.05. The molecule has 31 heavy (non-hydrogen) atoms. The van der Waals surface area contributed by atoms with Crippen LogP contribution in [-0.4, -0.2) is 15.9 Å². The van der Waals surface area contributed by atoms with Gasteiger partial charge in [-0.3, -0.25) is 4.79 Å². The summed E-state index contributed by atoms with van der Waals surface area (Å²) in [6, 6.07) is 17.4. The summed E-state index contributed by atoms with van der Waals surface area (Å²) >= 11 is 0. The fourth-order valence-corrected chi connectivity index (χ4v) is 3.75. The first kappa shape index (κ1) is 20.6. The van der Waals surface area contributed by atoms with Gasteiger partial charge in [0.05, 0.1) is 16.7 Å². The molecule has 0 spiro atoms. The van der Waals surface area contributed by atoms with Gasteiger partial charge in [0.25, 0.3) is 5.91 Å². The molecule has 0 saturated heterocycles. The molecule has 4 nitrogen and oxygen atoms in total. The van der Waals surface area contributed by atoms with Crippen LogP contribution in [-0.2, 0) is 0 Å². The lowest BCUT2D eigenvalue weighted by Crippen LogP contribution is -2.22. The standard InChI is InChI=1S/C27H27N3O/c1-16-11-13-21(14-12-16)15-23(28-27(31)22-9-7-6-8-10-22)26-29-24-19(4)17(2)18(3)20(5)25(24)30-26/h6-15H,1-5H3,(H,28,31)(H,29,30)/b23-15-. The number of benzene rings is 3. The molecule has 4 aromatic rings. The first-order valence-corrected chi connectivity index (χ1v) is 10.5. The SMILES string of the molecule is Cc1ccc(/C=C(\NC(=O)c2ccccc2)c2nc3c(C)c(C)c(C)c(C)c3[nH]2)cc1. The van der Waals surface area contributed by atoms with Crippen LogP contribution in [0.3, 0.4) is 0 Å². The maximum atomic E-state index is 12.9. The molecule has 156 valence electrons. The minimum absolute atomic E-state index is 0.166. The summed E-state index contributed by atoms with van der Waals surface area (Å²) in [5.41, 5.74) is 10.2. The summed E-state index contributed by atoms with van der Waals surface area (Å²) in [5, 5.41) is 3.07. The first-order chi connectivity index (χ1) is 14.8. The van der Waals surface area contributed by atoms with Gasteiger partial charge in [0.2, 0.25) is 0 Å². The van der Waals surface area contributed by atoms with Crippen molar-refractivity contribution in [3.8, 4) is 0 Å². The topological polar surface area (TPSA) is 57.8 Å². The molecule has 0 aliphatic carbocycles. The molecule has 0 fully saturated rings. The van der Waals surface area contributed by atoms with Crippen molar-refractivity contribution in [2.75, 3.05) is 0 Å². The molecule has 1 heterocycles. The van der Waals surface area contributed by atoms with Gasteiger partial charge in [-0.25, -0.2) is 4.98 Å². The van der Waals surface area contributed by atoms with Gasteiger partial charge in [-0.2, -0.15) is 0 Å². The number of hydrogen-bond acceptors (Lipinski definition) is 2. The van der Waals surface area contributed by atoms with E-state index in [1.165, 1.54) is 22.3 Å². The number of nitrogens with zero attached hydrogens (tertiary/aromatic N) is 1. The number of carbonyl (C=O) groups is 1. The third-order valence-electron chi connectivity index (χ3n) is 6.05. The number of aromatic amines is 1. The van der Waals surface area contributed by atoms with Gasteiger partial charge in [-0.1, -0.05) is 48.0 Å². The van der Waals surface area contributed by atoms with E-state index in [4.69, 9.17) is 4.98 Å². The number of aromatic nitrogens is 2. The van der Waals surface area contributed by atoms with Gasteiger partial charge >= 0.3 is 0 Å². The Labute approximate surface area is 183 Å². The third kappa shape index (κ3) is 4.02. The molecule has 0 radical (unpaired) electrons. The van der Waals surface area contributed by atoms with Crippen LogP contribution in [0.5, 0.6) is 0 Å².